The van der Waals surface area contributed by atoms with Crippen molar-refractivity contribution in [3.8, 4) is 0 Å². The van der Waals surface area contributed by atoms with Gasteiger partial charge in [0.15, 0.2) is 5.96 Å². The summed E-state index contributed by atoms with van der Waals surface area (Å²) in [6.45, 7) is 8.11. The fraction of sp³-hybridized carbons (Fsp3) is 0.542. The predicted molar refractivity (Wildman–Crippen MR) is 144 cm³/mol. The molecule has 1 unspecified atom stereocenters. The fourth-order valence-corrected chi connectivity index (χ4v) is 4.40. The van der Waals surface area contributed by atoms with Crippen molar-refractivity contribution in [2.75, 3.05) is 33.4 Å². The summed E-state index contributed by atoms with van der Waals surface area (Å²) in [5.41, 5.74) is 2.36. The van der Waals surface area contributed by atoms with Crippen LogP contribution in [0.2, 0.25) is 5.02 Å². The molecule has 32 heavy (non-hydrogen) atoms. The third kappa shape index (κ3) is 7.37. The number of halogens is 2. The molecular formula is C24H37ClIN5O. The molecule has 3 rings (SSSR count). The smallest absolute Gasteiger partial charge is 0.194 e. The molecule has 2 aromatic rings. The summed E-state index contributed by atoms with van der Waals surface area (Å²) in [7, 11) is 4.09. The zero-order valence-electron chi connectivity index (χ0n) is 19.6. The summed E-state index contributed by atoms with van der Waals surface area (Å²) < 4.78 is 7.74. The van der Waals surface area contributed by atoms with Crippen LogP contribution in [-0.4, -0.2) is 54.3 Å². The maximum Gasteiger partial charge on any atom is 0.194 e. The monoisotopic (exact) mass is 573 g/mol. The van der Waals surface area contributed by atoms with Gasteiger partial charge in [0, 0.05) is 57.3 Å². The Labute approximate surface area is 214 Å². The SMILES string of the molecule is CCNC(=NCC1(NC(C)c2ccccc2)CCOCC1)N(C)Cc1cc(Cl)cn1C.I. The van der Waals surface area contributed by atoms with E-state index in [2.05, 4.69) is 71.3 Å². The van der Waals surface area contributed by atoms with Crippen LogP contribution in [-0.2, 0) is 18.3 Å². The van der Waals surface area contributed by atoms with Gasteiger partial charge in [0.1, 0.15) is 0 Å². The van der Waals surface area contributed by atoms with Crippen LogP contribution in [0, 0.1) is 0 Å². The average Bonchev–Trinajstić information content (AvgIpc) is 3.08. The van der Waals surface area contributed by atoms with E-state index in [9.17, 15) is 0 Å². The van der Waals surface area contributed by atoms with E-state index in [1.807, 2.05) is 19.3 Å². The van der Waals surface area contributed by atoms with E-state index in [0.29, 0.717) is 6.54 Å². The molecule has 0 amide bonds. The van der Waals surface area contributed by atoms with Crippen molar-refractivity contribution in [2.45, 2.75) is 44.8 Å². The molecule has 0 radical (unpaired) electrons. The van der Waals surface area contributed by atoms with Gasteiger partial charge in [-0.3, -0.25) is 4.99 Å². The quantitative estimate of drug-likeness (QED) is 0.276. The number of benzene rings is 1. The summed E-state index contributed by atoms with van der Waals surface area (Å²) in [6.07, 6.45) is 3.83. The highest BCUT2D eigenvalue weighted by atomic mass is 127. The van der Waals surface area contributed by atoms with Crippen LogP contribution in [0.4, 0.5) is 0 Å². The Morgan fingerprint density at radius 1 is 1.28 bits per heavy atom. The minimum atomic E-state index is -0.0801. The van der Waals surface area contributed by atoms with Crippen LogP contribution in [0.15, 0.2) is 47.6 Å². The van der Waals surface area contributed by atoms with E-state index in [0.717, 1.165) is 55.8 Å². The number of hydrogen-bond donors (Lipinski definition) is 2. The molecule has 2 N–H and O–H groups in total. The number of rotatable bonds is 8. The van der Waals surface area contributed by atoms with Gasteiger partial charge in [0.25, 0.3) is 0 Å². The molecular weight excluding hydrogens is 537 g/mol. The maximum atomic E-state index is 6.16. The molecule has 178 valence electrons. The highest BCUT2D eigenvalue weighted by molar-refractivity contribution is 14.0. The third-order valence-electron chi connectivity index (χ3n) is 5.97. The zero-order chi connectivity index (χ0) is 22.3. The van der Waals surface area contributed by atoms with Gasteiger partial charge in [-0.2, -0.15) is 0 Å². The number of nitrogens with one attached hydrogen (secondary N) is 2. The second-order valence-electron chi connectivity index (χ2n) is 8.46. The minimum absolute atomic E-state index is 0. The van der Waals surface area contributed by atoms with Gasteiger partial charge in [-0.1, -0.05) is 41.9 Å². The molecule has 0 bridgehead atoms. The molecule has 0 spiro atoms. The van der Waals surface area contributed by atoms with Gasteiger partial charge in [-0.15, -0.1) is 24.0 Å². The molecule has 1 aromatic heterocycles. The van der Waals surface area contributed by atoms with Gasteiger partial charge in [0.2, 0.25) is 0 Å². The Bertz CT molecular complexity index is 851. The topological polar surface area (TPSA) is 53.8 Å². The first-order chi connectivity index (χ1) is 14.9. The van der Waals surface area contributed by atoms with Crippen molar-refractivity contribution in [3.05, 3.63) is 58.9 Å². The first-order valence-electron chi connectivity index (χ1n) is 11.1. The maximum absolute atomic E-state index is 6.16. The standard InChI is InChI=1S/C24H36ClN5O.HI/c1-5-26-23(30(4)17-22-15-21(25)16-29(22)3)27-18-24(11-13-31-14-12-24)28-19(2)20-9-7-6-8-10-20;/h6-10,15-16,19,28H,5,11-14,17-18H2,1-4H3,(H,26,27);1H. The summed E-state index contributed by atoms with van der Waals surface area (Å²) in [6, 6.07) is 12.9. The summed E-state index contributed by atoms with van der Waals surface area (Å²) in [5.74, 6) is 0.903. The van der Waals surface area contributed by atoms with Gasteiger partial charge < -0.3 is 24.8 Å². The zero-order valence-corrected chi connectivity index (χ0v) is 22.7. The van der Waals surface area contributed by atoms with Crippen molar-refractivity contribution in [2.24, 2.45) is 12.0 Å². The van der Waals surface area contributed by atoms with Crippen LogP contribution in [0.1, 0.15) is 44.0 Å². The Balaban J connectivity index is 0.00000363. The van der Waals surface area contributed by atoms with Crippen LogP contribution in [0.25, 0.3) is 0 Å². The number of ether oxygens (including phenoxy) is 1. The lowest BCUT2D eigenvalue weighted by molar-refractivity contribution is 0.0373. The van der Waals surface area contributed by atoms with E-state index in [4.69, 9.17) is 21.3 Å². The summed E-state index contributed by atoms with van der Waals surface area (Å²) in [5, 5.41) is 8.10. The number of aromatic nitrogens is 1. The Morgan fingerprint density at radius 2 is 1.97 bits per heavy atom. The van der Waals surface area contributed by atoms with Crippen molar-refractivity contribution in [1.29, 1.82) is 0 Å². The molecule has 1 fully saturated rings. The number of hydrogen-bond acceptors (Lipinski definition) is 3. The Kier molecular flexibility index (Phi) is 10.8. The van der Waals surface area contributed by atoms with E-state index in [1.54, 1.807) is 0 Å². The number of aryl methyl sites for hydroxylation is 1. The van der Waals surface area contributed by atoms with Crippen molar-refractivity contribution < 1.29 is 4.74 Å². The van der Waals surface area contributed by atoms with Crippen LogP contribution >= 0.6 is 35.6 Å². The number of guanidine groups is 1. The highest BCUT2D eigenvalue weighted by Gasteiger charge is 2.34. The summed E-state index contributed by atoms with van der Waals surface area (Å²) >= 11 is 6.16. The molecule has 1 aromatic carbocycles. The van der Waals surface area contributed by atoms with Gasteiger partial charge in [-0.25, -0.2) is 0 Å². The van der Waals surface area contributed by atoms with Crippen LogP contribution < -0.4 is 10.6 Å². The van der Waals surface area contributed by atoms with Gasteiger partial charge in [0.05, 0.1) is 18.1 Å². The van der Waals surface area contributed by atoms with E-state index in [-0.39, 0.29) is 35.6 Å². The van der Waals surface area contributed by atoms with Gasteiger partial charge in [-0.05, 0) is 38.3 Å². The van der Waals surface area contributed by atoms with Crippen molar-refractivity contribution >= 4 is 41.5 Å². The molecule has 2 heterocycles. The average molecular weight is 574 g/mol. The lowest BCUT2D eigenvalue weighted by Crippen LogP contribution is -2.53. The first-order valence-corrected chi connectivity index (χ1v) is 11.5. The normalized spacial score (nSPS) is 16.8. The Hall–Kier alpha value is -1.29. The molecule has 6 nitrogen and oxygen atoms in total. The van der Waals surface area contributed by atoms with Crippen molar-refractivity contribution in [3.63, 3.8) is 0 Å². The largest absolute Gasteiger partial charge is 0.381 e. The Morgan fingerprint density at radius 3 is 2.56 bits per heavy atom. The molecule has 0 saturated carbocycles. The second-order valence-corrected chi connectivity index (χ2v) is 8.89. The molecule has 1 aliphatic rings. The lowest BCUT2D eigenvalue weighted by Gasteiger charge is -2.40. The fourth-order valence-electron chi connectivity index (χ4n) is 4.13. The van der Waals surface area contributed by atoms with E-state index < -0.39 is 0 Å². The highest BCUT2D eigenvalue weighted by Crippen LogP contribution is 2.26. The molecule has 1 saturated heterocycles. The van der Waals surface area contributed by atoms with Crippen molar-refractivity contribution in [1.82, 2.24) is 20.1 Å². The van der Waals surface area contributed by atoms with E-state index >= 15 is 0 Å². The number of aliphatic imine (C=N–C) groups is 1. The lowest BCUT2D eigenvalue weighted by atomic mass is 9.88. The van der Waals surface area contributed by atoms with Gasteiger partial charge >= 0.3 is 0 Å². The predicted octanol–water partition coefficient (Wildman–Crippen LogP) is 4.59. The molecule has 1 atom stereocenters. The first kappa shape index (κ1) is 27.0. The van der Waals surface area contributed by atoms with E-state index in [1.165, 1.54) is 5.56 Å². The summed E-state index contributed by atoms with van der Waals surface area (Å²) in [4.78, 5) is 7.22. The van der Waals surface area contributed by atoms with Crippen LogP contribution in [0.5, 0.6) is 0 Å². The minimum Gasteiger partial charge on any atom is -0.381 e. The van der Waals surface area contributed by atoms with Crippen LogP contribution in [0.3, 0.4) is 0 Å². The number of nitrogens with zero attached hydrogens (tertiary/aromatic N) is 3. The molecule has 0 aliphatic carbocycles. The third-order valence-corrected chi connectivity index (χ3v) is 6.18. The second kappa shape index (κ2) is 12.8. The molecule has 1 aliphatic heterocycles. The molecule has 8 heteroatoms.